The van der Waals surface area contributed by atoms with E-state index in [2.05, 4.69) is 30.6 Å². The van der Waals surface area contributed by atoms with Gasteiger partial charge in [-0.05, 0) is 26.2 Å². The highest BCUT2D eigenvalue weighted by Crippen LogP contribution is 2.20. The van der Waals surface area contributed by atoms with Crippen molar-refractivity contribution in [2.24, 2.45) is 5.92 Å². The molecule has 0 N–H and O–H groups in total. The van der Waals surface area contributed by atoms with Gasteiger partial charge in [-0.25, -0.2) is 0 Å². The molecule has 0 aliphatic rings. The fourth-order valence-electron chi connectivity index (χ4n) is 2.27. The molecule has 0 aliphatic carbocycles. The first-order valence-electron chi connectivity index (χ1n) is 6.72. The Kier molecular flexibility index (Phi) is 6.04. The third-order valence-electron chi connectivity index (χ3n) is 3.64. The van der Waals surface area contributed by atoms with Crippen molar-refractivity contribution < 1.29 is 0 Å². The summed E-state index contributed by atoms with van der Waals surface area (Å²) in [4.78, 5) is 0. The van der Waals surface area contributed by atoms with Gasteiger partial charge in [-0.2, -0.15) is 5.10 Å². The Morgan fingerprint density at radius 2 is 2.00 bits per heavy atom. The smallest absolute Gasteiger partial charge is 0.0640 e. The molecule has 1 heterocycles. The minimum absolute atomic E-state index is 0.573. The zero-order valence-electron chi connectivity index (χ0n) is 11.6. The Hall–Kier alpha value is -0.500. The van der Waals surface area contributed by atoms with Crippen LogP contribution in [0.1, 0.15) is 56.5 Å². The van der Waals surface area contributed by atoms with Crippen molar-refractivity contribution >= 4 is 11.6 Å². The van der Waals surface area contributed by atoms with E-state index in [-0.39, 0.29) is 0 Å². The quantitative estimate of drug-likeness (QED) is 0.659. The van der Waals surface area contributed by atoms with Crippen LogP contribution in [-0.4, -0.2) is 9.78 Å². The molecule has 1 aromatic rings. The third kappa shape index (κ3) is 3.74. The predicted octanol–water partition coefficient (Wildman–Crippen LogP) is 4.46. The van der Waals surface area contributed by atoms with E-state index in [0.29, 0.717) is 5.88 Å². The lowest BCUT2D eigenvalue weighted by Gasteiger charge is -2.15. The summed E-state index contributed by atoms with van der Waals surface area (Å²) in [5, 5.41) is 4.61. The summed E-state index contributed by atoms with van der Waals surface area (Å²) in [6.45, 7) is 9.74. The van der Waals surface area contributed by atoms with Crippen LogP contribution in [0.25, 0.3) is 0 Å². The Morgan fingerprint density at radius 1 is 1.29 bits per heavy atom. The Labute approximate surface area is 110 Å². The van der Waals surface area contributed by atoms with Gasteiger partial charge in [-0.3, -0.25) is 4.68 Å². The number of halogens is 1. The molecule has 1 atom stereocenters. The largest absolute Gasteiger partial charge is 0.269 e. The van der Waals surface area contributed by atoms with Crippen LogP contribution in [0.15, 0.2) is 0 Å². The molecule has 0 saturated carbocycles. The second kappa shape index (κ2) is 7.05. The summed E-state index contributed by atoms with van der Waals surface area (Å²) in [6, 6.07) is 0. The molecule has 0 aromatic carbocycles. The van der Waals surface area contributed by atoms with Gasteiger partial charge in [-0.15, -0.1) is 11.6 Å². The molecule has 0 radical (unpaired) electrons. The van der Waals surface area contributed by atoms with Gasteiger partial charge in [-0.1, -0.05) is 33.1 Å². The molecular formula is C14H25ClN2. The molecule has 0 saturated heterocycles. The normalized spacial score (nSPS) is 13.0. The molecule has 0 fully saturated rings. The number of unbranched alkanes of at least 4 members (excludes halogenated alkanes) is 1. The van der Waals surface area contributed by atoms with Crippen molar-refractivity contribution in [3.05, 3.63) is 17.0 Å². The first-order chi connectivity index (χ1) is 8.13. The van der Waals surface area contributed by atoms with E-state index in [1.54, 1.807) is 0 Å². The lowest BCUT2D eigenvalue weighted by molar-refractivity contribution is 0.367. The summed E-state index contributed by atoms with van der Waals surface area (Å²) in [5.41, 5.74) is 3.53. The number of alkyl halides is 1. The fourth-order valence-corrected chi connectivity index (χ4v) is 2.65. The number of aromatic nitrogens is 2. The van der Waals surface area contributed by atoms with Gasteiger partial charge in [0.25, 0.3) is 0 Å². The lowest BCUT2D eigenvalue weighted by Crippen LogP contribution is -2.13. The third-order valence-corrected chi connectivity index (χ3v) is 3.91. The zero-order valence-corrected chi connectivity index (χ0v) is 12.3. The highest BCUT2D eigenvalue weighted by molar-refractivity contribution is 6.17. The monoisotopic (exact) mass is 256 g/mol. The van der Waals surface area contributed by atoms with Gasteiger partial charge in [0, 0.05) is 17.8 Å². The summed E-state index contributed by atoms with van der Waals surface area (Å²) < 4.78 is 2.15. The minimum atomic E-state index is 0.573. The molecule has 17 heavy (non-hydrogen) atoms. The summed E-state index contributed by atoms with van der Waals surface area (Å²) in [5.74, 6) is 1.32. The zero-order chi connectivity index (χ0) is 12.8. The van der Waals surface area contributed by atoms with Gasteiger partial charge >= 0.3 is 0 Å². The maximum absolute atomic E-state index is 5.95. The summed E-state index contributed by atoms with van der Waals surface area (Å²) >= 11 is 5.95. The van der Waals surface area contributed by atoms with Gasteiger partial charge in [0.2, 0.25) is 0 Å². The highest BCUT2D eigenvalue weighted by Gasteiger charge is 2.13. The van der Waals surface area contributed by atoms with Crippen LogP contribution >= 0.6 is 11.6 Å². The molecule has 1 aromatic heterocycles. The van der Waals surface area contributed by atoms with Crippen LogP contribution < -0.4 is 0 Å². The average Bonchev–Trinajstić information content (AvgIpc) is 2.59. The Bertz CT molecular complexity index is 344. The standard InChI is InChI=1S/C14H25ClN2/c1-5-7-8-13(6-2)10-17-12(4)14(9-15)11(3)16-17/h13H,5-10H2,1-4H3. The SMILES string of the molecule is CCCCC(CC)Cn1nc(C)c(CCl)c1C. The molecule has 1 rings (SSSR count). The number of rotatable bonds is 7. The number of aryl methyl sites for hydroxylation is 1. The molecule has 3 heteroatoms. The van der Waals surface area contributed by atoms with Gasteiger partial charge in [0.15, 0.2) is 0 Å². The minimum Gasteiger partial charge on any atom is -0.269 e. The predicted molar refractivity (Wildman–Crippen MR) is 74.6 cm³/mol. The van der Waals surface area contributed by atoms with Crippen LogP contribution in [0.3, 0.4) is 0 Å². The molecule has 2 nitrogen and oxygen atoms in total. The van der Waals surface area contributed by atoms with Crippen LogP contribution in [0, 0.1) is 19.8 Å². The van der Waals surface area contributed by atoms with Crippen molar-refractivity contribution in [2.45, 2.75) is 65.8 Å². The number of nitrogens with zero attached hydrogens (tertiary/aromatic N) is 2. The molecule has 0 bridgehead atoms. The fraction of sp³-hybridized carbons (Fsp3) is 0.786. The highest BCUT2D eigenvalue weighted by atomic mass is 35.5. The molecule has 0 aliphatic heterocycles. The number of hydrogen-bond donors (Lipinski definition) is 0. The van der Waals surface area contributed by atoms with Crippen LogP contribution in [-0.2, 0) is 12.4 Å². The van der Waals surface area contributed by atoms with Crippen molar-refractivity contribution in [3.8, 4) is 0 Å². The van der Waals surface area contributed by atoms with Crippen molar-refractivity contribution in [2.75, 3.05) is 0 Å². The topological polar surface area (TPSA) is 17.8 Å². The Morgan fingerprint density at radius 3 is 2.47 bits per heavy atom. The molecule has 0 spiro atoms. The van der Waals surface area contributed by atoms with E-state index in [9.17, 15) is 0 Å². The van der Waals surface area contributed by atoms with E-state index in [1.807, 2.05) is 6.92 Å². The first kappa shape index (κ1) is 14.6. The van der Waals surface area contributed by atoms with Crippen molar-refractivity contribution in [1.29, 1.82) is 0 Å². The summed E-state index contributed by atoms with van der Waals surface area (Å²) in [7, 11) is 0. The van der Waals surface area contributed by atoms with E-state index < -0.39 is 0 Å². The van der Waals surface area contributed by atoms with Crippen LogP contribution in [0.4, 0.5) is 0 Å². The van der Waals surface area contributed by atoms with Crippen molar-refractivity contribution in [3.63, 3.8) is 0 Å². The van der Waals surface area contributed by atoms with Crippen LogP contribution in [0.2, 0.25) is 0 Å². The molecule has 98 valence electrons. The van der Waals surface area contributed by atoms with Crippen molar-refractivity contribution in [1.82, 2.24) is 9.78 Å². The molecule has 1 unspecified atom stereocenters. The number of hydrogen-bond acceptors (Lipinski definition) is 1. The first-order valence-corrected chi connectivity index (χ1v) is 7.26. The molecular weight excluding hydrogens is 232 g/mol. The van der Waals surface area contributed by atoms with E-state index in [4.69, 9.17) is 11.6 Å². The Balaban J connectivity index is 2.72. The van der Waals surface area contributed by atoms with E-state index in [0.717, 1.165) is 18.2 Å². The van der Waals surface area contributed by atoms with Crippen LogP contribution in [0.5, 0.6) is 0 Å². The maximum atomic E-state index is 5.95. The van der Waals surface area contributed by atoms with Gasteiger partial charge < -0.3 is 0 Å². The van der Waals surface area contributed by atoms with Gasteiger partial charge in [0.1, 0.15) is 0 Å². The second-order valence-corrected chi connectivity index (χ2v) is 5.15. The van der Waals surface area contributed by atoms with Gasteiger partial charge in [0.05, 0.1) is 11.6 Å². The maximum Gasteiger partial charge on any atom is 0.0640 e. The average molecular weight is 257 g/mol. The van der Waals surface area contributed by atoms with E-state index in [1.165, 1.54) is 36.9 Å². The molecule has 0 amide bonds. The van der Waals surface area contributed by atoms with E-state index >= 15 is 0 Å². The second-order valence-electron chi connectivity index (χ2n) is 4.88. The lowest BCUT2D eigenvalue weighted by atomic mass is 9.99. The summed E-state index contributed by atoms with van der Waals surface area (Å²) in [6.07, 6.45) is 5.14.